The van der Waals surface area contributed by atoms with Crippen LogP contribution in [0.1, 0.15) is 31.1 Å². The van der Waals surface area contributed by atoms with Gasteiger partial charge in [0, 0.05) is 23.9 Å². The number of sulfonamides is 1. The van der Waals surface area contributed by atoms with Gasteiger partial charge in [0.1, 0.15) is 4.21 Å². The van der Waals surface area contributed by atoms with E-state index in [0.717, 1.165) is 24.1 Å². The van der Waals surface area contributed by atoms with Crippen molar-refractivity contribution in [3.05, 3.63) is 17.0 Å². The maximum Gasteiger partial charge on any atom is 0.252 e. The summed E-state index contributed by atoms with van der Waals surface area (Å²) in [4.78, 5) is 1.07. The van der Waals surface area contributed by atoms with E-state index < -0.39 is 10.0 Å². The fourth-order valence-electron chi connectivity index (χ4n) is 1.82. The van der Waals surface area contributed by atoms with Crippen molar-refractivity contribution in [2.24, 2.45) is 0 Å². The number of aryl methyl sites for hydroxylation is 1. The summed E-state index contributed by atoms with van der Waals surface area (Å²) in [5, 5.41) is 8.63. The molecular weight excluding hydrogens is 268 g/mol. The van der Waals surface area contributed by atoms with E-state index in [0.29, 0.717) is 10.8 Å². The minimum Gasteiger partial charge on any atom is -0.206 e. The van der Waals surface area contributed by atoms with Crippen LogP contribution in [0.2, 0.25) is 0 Å². The number of nitrogens with zero attached hydrogens (tertiary/aromatic N) is 2. The molecule has 1 heterocycles. The summed E-state index contributed by atoms with van der Waals surface area (Å²) < 4.78 is 26.9. The topological polar surface area (TPSA) is 61.2 Å². The Morgan fingerprint density at radius 3 is 2.72 bits per heavy atom. The van der Waals surface area contributed by atoms with Crippen molar-refractivity contribution in [3.63, 3.8) is 0 Å². The minimum atomic E-state index is -3.40. The van der Waals surface area contributed by atoms with E-state index in [1.807, 2.05) is 19.1 Å². The summed E-state index contributed by atoms with van der Waals surface area (Å²) in [6, 6.07) is 5.67. The Bertz CT molecular complexity index is 553. The van der Waals surface area contributed by atoms with E-state index >= 15 is 0 Å². The quantitative estimate of drug-likeness (QED) is 0.805. The van der Waals surface area contributed by atoms with Gasteiger partial charge >= 0.3 is 0 Å². The number of hydrogen-bond acceptors (Lipinski definition) is 4. The van der Waals surface area contributed by atoms with Gasteiger partial charge in [-0.15, -0.1) is 11.3 Å². The zero-order valence-electron chi connectivity index (χ0n) is 10.3. The van der Waals surface area contributed by atoms with Gasteiger partial charge in [-0.1, -0.05) is 6.92 Å². The van der Waals surface area contributed by atoms with Gasteiger partial charge in [-0.05, 0) is 31.4 Å². The first-order valence-electron chi connectivity index (χ1n) is 6.07. The third-order valence-corrected chi connectivity index (χ3v) is 6.60. The summed E-state index contributed by atoms with van der Waals surface area (Å²) >= 11 is 1.33. The van der Waals surface area contributed by atoms with E-state index in [4.69, 9.17) is 5.26 Å². The lowest BCUT2D eigenvalue weighted by molar-refractivity contribution is 0.412. The predicted molar refractivity (Wildman–Crippen MR) is 70.8 cm³/mol. The summed E-state index contributed by atoms with van der Waals surface area (Å²) in [5.41, 5.74) is 0. The van der Waals surface area contributed by atoms with Crippen molar-refractivity contribution in [2.45, 2.75) is 42.9 Å². The average molecular weight is 284 g/mol. The van der Waals surface area contributed by atoms with Crippen LogP contribution in [0.4, 0.5) is 0 Å². The smallest absolute Gasteiger partial charge is 0.206 e. The van der Waals surface area contributed by atoms with Crippen molar-refractivity contribution in [2.75, 3.05) is 6.54 Å². The van der Waals surface area contributed by atoms with E-state index in [1.165, 1.54) is 15.6 Å². The third-order valence-electron chi connectivity index (χ3n) is 2.95. The summed E-state index contributed by atoms with van der Waals surface area (Å²) in [6.07, 6.45) is 2.93. The molecule has 1 aromatic heterocycles. The normalized spacial score (nSPS) is 15.8. The molecule has 0 atom stereocenters. The van der Waals surface area contributed by atoms with Gasteiger partial charge < -0.3 is 0 Å². The highest BCUT2D eigenvalue weighted by Crippen LogP contribution is 2.34. The molecule has 0 radical (unpaired) electrons. The molecule has 1 aliphatic rings. The van der Waals surface area contributed by atoms with Crippen molar-refractivity contribution in [1.82, 2.24) is 4.31 Å². The number of rotatable bonds is 6. The molecule has 6 heteroatoms. The Hall–Kier alpha value is -0.900. The lowest BCUT2D eigenvalue weighted by Crippen LogP contribution is -2.33. The standard InChI is InChI=1S/C12H16N2O2S2/c1-2-11-6-7-12(17-11)18(15,16)14(9-3-8-13)10-4-5-10/h6-7,10H,2-5,9H2,1H3. The van der Waals surface area contributed by atoms with Crippen LogP contribution in [0.3, 0.4) is 0 Å². The third kappa shape index (κ3) is 2.74. The Morgan fingerprint density at radius 1 is 1.50 bits per heavy atom. The highest BCUT2D eigenvalue weighted by Gasteiger charge is 2.38. The van der Waals surface area contributed by atoms with E-state index in [-0.39, 0.29) is 12.5 Å². The molecule has 2 rings (SSSR count). The van der Waals surface area contributed by atoms with Crippen LogP contribution in [-0.4, -0.2) is 25.3 Å². The maximum atomic E-state index is 12.5. The lowest BCUT2D eigenvalue weighted by atomic mass is 10.4. The zero-order valence-corrected chi connectivity index (χ0v) is 11.9. The molecule has 0 saturated heterocycles. The molecule has 0 aliphatic heterocycles. The Balaban J connectivity index is 2.24. The monoisotopic (exact) mass is 284 g/mol. The van der Waals surface area contributed by atoms with Gasteiger partial charge in [0.2, 0.25) is 0 Å². The molecule has 1 saturated carbocycles. The first-order chi connectivity index (χ1) is 8.59. The highest BCUT2D eigenvalue weighted by molar-refractivity contribution is 7.91. The van der Waals surface area contributed by atoms with Gasteiger partial charge in [-0.3, -0.25) is 0 Å². The van der Waals surface area contributed by atoms with Gasteiger partial charge in [0.25, 0.3) is 10.0 Å². The first-order valence-corrected chi connectivity index (χ1v) is 8.32. The summed E-state index contributed by atoms with van der Waals surface area (Å²) in [5.74, 6) is 0. The van der Waals surface area contributed by atoms with Crippen LogP contribution in [0.5, 0.6) is 0 Å². The number of hydrogen-bond donors (Lipinski definition) is 0. The molecule has 0 spiro atoms. The molecule has 1 fully saturated rings. The fraction of sp³-hybridized carbons (Fsp3) is 0.583. The van der Waals surface area contributed by atoms with E-state index in [1.54, 1.807) is 6.07 Å². The van der Waals surface area contributed by atoms with Crippen LogP contribution in [0.15, 0.2) is 16.3 Å². The second-order valence-corrected chi connectivity index (χ2v) is 7.62. The van der Waals surface area contributed by atoms with Gasteiger partial charge in [0.05, 0.1) is 6.07 Å². The SMILES string of the molecule is CCc1ccc(S(=O)(=O)N(CCC#N)C2CC2)s1. The molecule has 1 aliphatic carbocycles. The largest absolute Gasteiger partial charge is 0.252 e. The minimum absolute atomic E-state index is 0.107. The maximum absolute atomic E-state index is 12.5. The van der Waals surface area contributed by atoms with E-state index in [9.17, 15) is 8.42 Å². The van der Waals surface area contributed by atoms with Crippen molar-refractivity contribution in [3.8, 4) is 6.07 Å². The molecular formula is C12H16N2O2S2. The molecule has 98 valence electrons. The highest BCUT2D eigenvalue weighted by atomic mass is 32.2. The van der Waals surface area contributed by atoms with Crippen LogP contribution < -0.4 is 0 Å². The van der Waals surface area contributed by atoms with Crippen molar-refractivity contribution < 1.29 is 8.42 Å². The van der Waals surface area contributed by atoms with E-state index in [2.05, 4.69) is 0 Å². The summed E-state index contributed by atoms with van der Waals surface area (Å²) in [7, 11) is -3.40. The molecule has 0 aromatic carbocycles. The van der Waals surface area contributed by atoms with Gasteiger partial charge in [-0.25, -0.2) is 8.42 Å². The molecule has 0 unspecified atom stereocenters. The second kappa shape index (κ2) is 5.39. The summed E-state index contributed by atoms with van der Waals surface area (Å²) in [6.45, 7) is 2.32. The van der Waals surface area contributed by atoms with Crippen LogP contribution in [0, 0.1) is 11.3 Å². The first kappa shape index (κ1) is 13.5. The average Bonchev–Trinajstić information content (AvgIpc) is 3.05. The zero-order chi connectivity index (χ0) is 13.2. The molecule has 1 aromatic rings. The van der Waals surface area contributed by atoms with Crippen LogP contribution in [0.25, 0.3) is 0 Å². The van der Waals surface area contributed by atoms with Gasteiger partial charge in [-0.2, -0.15) is 9.57 Å². The molecule has 0 bridgehead atoms. The van der Waals surface area contributed by atoms with Crippen LogP contribution >= 0.6 is 11.3 Å². The lowest BCUT2D eigenvalue weighted by Gasteiger charge is -2.19. The van der Waals surface area contributed by atoms with Crippen LogP contribution in [-0.2, 0) is 16.4 Å². The molecule has 0 N–H and O–H groups in total. The van der Waals surface area contributed by atoms with Gasteiger partial charge in [0.15, 0.2) is 0 Å². The van der Waals surface area contributed by atoms with Crippen molar-refractivity contribution >= 4 is 21.4 Å². The molecule has 18 heavy (non-hydrogen) atoms. The number of nitriles is 1. The predicted octanol–water partition coefficient (Wildman–Crippen LogP) is 2.38. The second-order valence-electron chi connectivity index (χ2n) is 4.33. The molecule has 0 amide bonds. The number of thiophene rings is 1. The Labute approximate surface area is 112 Å². The Kier molecular flexibility index (Phi) is 4.05. The Morgan fingerprint density at radius 2 is 2.22 bits per heavy atom. The molecule has 4 nitrogen and oxygen atoms in total. The van der Waals surface area contributed by atoms with Crippen molar-refractivity contribution in [1.29, 1.82) is 5.26 Å². The fourth-order valence-corrected chi connectivity index (χ4v) is 4.93.